The molecule has 34 heavy (non-hydrogen) atoms. The summed E-state index contributed by atoms with van der Waals surface area (Å²) in [5, 5.41) is 19.6. The molecule has 1 aliphatic carbocycles. The van der Waals surface area contributed by atoms with Crippen molar-refractivity contribution in [1.82, 2.24) is 19.8 Å². The van der Waals surface area contributed by atoms with Crippen LogP contribution in [-0.4, -0.2) is 43.1 Å². The molecule has 2 aliphatic rings. The van der Waals surface area contributed by atoms with Crippen molar-refractivity contribution in [3.8, 4) is 17.2 Å². The zero-order valence-corrected chi connectivity index (χ0v) is 20.1. The highest BCUT2D eigenvalue weighted by Crippen LogP contribution is 2.37. The third-order valence-electron chi connectivity index (χ3n) is 6.13. The lowest BCUT2D eigenvalue weighted by atomic mass is 9.98. The van der Waals surface area contributed by atoms with Crippen molar-refractivity contribution >= 4 is 33.1 Å². The van der Waals surface area contributed by atoms with Crippen molar-refractivity contribution in [2.24, 2.45) is 0 Å². The molecule has 2 amide bonds. The number of nitrogens with one attached hydrogen (secondary N) is 2. The van der Waals surface area contributed by atoms with Crippen molar-refractivity contribution in [2.75, 3.05) is 18.9 Å². The highest BCUT2D eigenvalue weighted by atomic mass is 32.2. The molecule has 5 rings (SSSR count). The second kappa shape index (κ2) is 8.79. The molecule has 2 aromatic heterocycles. The molecule has 0 bridgehead atoms. The molecule has 1 aromatic carbocycles. The molecule has 0 radical (unpaired) electrons. The van der Waals surface area contributed by atoms with Gasteiger partial charge in [0, 0.05) is 29.1 Å². The van der Waals surface area contributed by atoms with Gasteiger partial charge in [-0.05, 0) is 61.6 Å². The molecule has 0 saturated heterocycles. The Morgan fingerprint density at radius 2 is 2.06 bits per heavy atom. The third-order valence-corrected chi connectivity index (χ3v) is 9.17. The Bertz CT molecular complexity index is 1440. The van der Waals surface area contributed by atoms with E-state index in [0.717, 1.165) is 53.8 Å². The van der Waals surface area contributed by atoms with Gasteiger partial charge in [-0.25, -0.2) is 17.9 Å². The van der Waals surface area contributed by atoms with Crippen LogP contribution in [0.4, 0.5) is 10.5 Å². The number of hydrogen-bond acceptors (Lipinski definition) is 8. The Kier molecular flexibility index (Phi) is 5.81. The standard InChI is InChI=1S/C23H22N6O3S2/c1-29-8-7-20-16(13-29)10-21(33-20)34(31,32)28-23(30)26-22-18-4-2-3-14(18)5-6-19(22)15-9-17(11-24)27-25-12-15/h5-6,9-10,12H,2-4,7-8,13H2,1H3,(H2,26,28,30). The van der Waals surface area contributed by atoms with E-state index in [-0.39, 0.29) is 9.90 Å². The molecule has 2 N–H and O–H groups in total. The first-order chi connectivity index (χ1) is 16.3. The van der Waals surface area contributed by atoms with E-state index < -0.39 is 16.1 Å². The number of thiophene rings is 1. The van der Waals surface area contributed by atoms with Crippen molar-refractivity contribution in [2.45, 2.75) is 36.4 Å². The zero-order valence-electron chi connectivity index (χ0n) is 18.5. The highest BCUT2D eigenvalue weighted by molar-refractivity contribution is 7.92. The van der Waals surface area contributed by atoms with Crippen molar-refractivity contribution in [1.29, 1.82) is 5.26 Å². The number of likely N-dealkylation sites (N-methyl/N-ethyl adjacent to an activating group) is 1. The zero-order chi connectivity index (χ0) is 23.9. The molecular weight excluding hydrogens is 472 g/mol. The first kappa shape index (κ1) is 22.5. The van der Waals surface area contributed by atoms with Gasteiger partial charge in [-0.3, -0.25) is 0 Å². The second-order valence-electron chi connectivity index (χ2n) is 8.48. The Morgan fingerprint density at radius 1 is 1.21 bits per heavy atom. The summed E-state index contributed by atoms with van der Waals surface area (Å²) >= 11 is 1.21. The van der Waals surface area contributed by atoms with Crippen LogP contribution in [0.5, 0.6) is 0 Å². The number of urea groups is 1. The number of carbonyl (C=O) groups excluding carboxylic acids is 1. The molecule has 0 unspecified atom stereocenters. The summed E-state index contributed by atoms with van der Waals surface area (Å²) in [6.07, 6.45) is 4.91. The van der Waals surface area contributed by atoms with Crippen molar-refractivity contribution in [3.63, 3.8) is 0 Å². The van der Waals surface area contributed by atoms with Gasteiger partial charge < -0.3 is 10.2 Å². The van der Waals surface area contributed by atoms with E-state index in [1.807, 2.05) is 25.2 Å². The minimum Gasteiger partial charge on any atom is -0.306 e. The van der Waals surface area contributed by atoms with Gasteiger partial charge >= 0.3 is 6.03 Å². The Morgan fingerprint density at radius 3 is 2.88 bits per heavy atom. The van der Waals surface area contributed by atoms with Gasteiger partial charge in [0.15, 0.2) is 5.69 Å². The van der Waals surface area contributed by atoms with E-state index in [1.165, 1.54) is 17.5 Å². The van der Waals surface area contributed by atoms with E-state index in [4.69, 9.17) is 0 Å². The number of anilines is 1. The SMILES string of the molecule is CN1CCc2sc(S(=O)(=O)NC(=O)Nc3c(-c4cnnc(C#N)c4)ccc4c3CCC4)cc2C1. The summed E-state index contributed by atoms with van der Waals surface area (Å²) in [6, 6.07) is 8.25. The Balaban J connectivity index is 1.44. The summed E-state index contributed by atoms with van der Waals surface area (Å²) < 4.78 is 28.3. The number of fused-ring (bicyclic) bond motifs is 2. The number of benzene rings is 1. The number of aryl methyl sites for hydroxylation is 1. The van der Waals surface area contributed by atoms with Gasteiger partial charge in [0.25, 0.3) is 10.0 Å². The molecule has 0 spiro atoms. The molecule has 0 saturated carbocycles. The van der Waals surface area contributed by atoms with Crippen molar-refractivity contribution < 1.29 is 13.2 Å². The number of nitrogens with zero attached hydrogens (tertiary/aromatic N) is 4. The van der Waals surface area contributed by atoms with E-state index in [2.05, 4.69) is 25.1 Å². The second-order valence-corrected chi connectivity index (χ2v) is 11.5. The van der Waals surface area contributed by atoms with Gasteiger partial charge in [0.1, 0.15) is 10.3 Å². The number of carbonyl (C=O) groups is 1. The fraction of sp³-hybridized carbons (Fsp3) is 0.304. The van der Waals surface area contributed by atoms with Gasteiger partial charge in [-0.1, -0.05) is 12.1 Å². The topological polar surface area (TPSA) is 128 Å². The largest absolute Gasteiger partial charge is 0.333 e. The van der Waals surface area contributed by atoms with E-state index in [1.54, 1.807) is 12.1 Å². The summed E-state index contributed by atoms with van der Waals surface area (Å²) in [6.45, 7) is 1.57. The molecule has 11 heteroatoms. The monoisotopic (exact) mass is 494 g/mol. The minimum absolute atomic E-state index is 0.137. The van der Waals surface area contributed by atoms with Gasteiger partial charge in [0.2, 0.25) is 0 Å². The van der Waals surface area contributed by atoms with E-state index >= 15 is 0 Å². The van der Waals surface area contributed by atoms with Crippen LogP contribution in [0.2, 0.25) is 0 Å². The molecule has 0 atom stereocenters. The third kappa shape index (κ3) is 4.27. The average molecular weight is 495 g/mol. The molecule has 3 aromatic rings. The first-order valence-corrected chi connectivity index (χ1v) is 13.2. The maximum absolute atomic E-state index is 13.0. The predicted molar refractivity (Wildman–Crippen MR) is 128 cm³/mol. The first-order valence-electron chi connectivity index (χ1n) is 10.9. The molecule has 9 nitrogen and oxygen atoms in total. The number of nitriles is 1. The Hall–Kier alpha value is -3.33. The fourth-order valence-corrected chi connectivity index (χ4v) is 6.96. The van der Waals surface area contributed by atoms with Crippen LogP contribution in [0.25, 0.3) is 11.1 Å². The van der Waals surface area contributed by atoms with Gasteiger partial charge in [0.05, 0.1) is 11.9 Å². The maximum Gasteiger partial charge on any atom is 0.333 e. The average Bonchev–Trinajstić information content (AvgIpc) is 3.46. The lowest BCUT2D eigenvalue weighted by Gasteiger charge is -2.21. The molecular formula is C23H22N6O3S2. The van der Waals surface area contributed by atoms with Gasteiger partial charge in [-0.2, -0.15) is 10.4 Å². The normalized spacial score (nSPS) is 15.3. The molecule has 3 heterocycles. The summed E-state index contributed by atoms with van der Waals surface area (Å²) in [4.78, 5) is 16.1. The van der Waals surface area contributed by atoms with Crippen LogP contribution in [0.15, 0.2) is 34.7 Å². The maximum atomic E-state index is 13.0. The molecule has 174 valence electrons. The van der Waals surface area contributed by atoms with E-state index in [0.29, 0.717) is 23.4 Å². The van der Waals surface area contributed by atoms with E-state index in [9.17, 15) is 18.5 Å². The lowest BCUT2D eigenvalue weighted by Crippen LogP contribution is -2.34. The van der Waals surface area contributed by atoms with Crippen LogP contribution in [0.3, 0.4) is 0 Å². The number of aromatic nitrogens is 2. The van der Waals surface area contributed by atoms with Gasteiger partial charge in [-0.15, -0.1) is 16.4 Å². The predicted octanol–water partition coefficient (Wildman–Crippen LogP) is 3.06. The molecule has 0 fully saturated rings. The van der Waals surface area contributed by atoms with Crippen LogP contribution in [0, 0.1) is 11.3 Å². The number of hydrogen-bond donors (Lipinski definition) is 2. The smallest absolute Gasteiger partial charge is 0.306 e. The Labute approximate surface area is 201 Å². The minimum atomic E-state index is -4.02. The molecule has 1 aliphatic heterocycles. The van der Waals surface area contributed by atoms with Crippen LogP contribution < -0.4 is 10.0 Å². The van der Waals surface area contributed by atoms with Crippen molar-refractivity contribution in [3.05, 3.63) is 57.7 Å². The van der Waals surface area contributed by atoms with Crippen LogP contribution in [0.1, 0.15) is 33.7 Å². The fourth-order valence-electron chi connectivity index (χ4n) is 4.51. The summed E-state index contributed by atoms with van der Waals surface area (Å²) in [5.41, 5.74) is 5.04. The van der Waals surface area contributed by atoms with Crippen LogP contribution in [-0.2, 0) is 35.8 Å². The number of amides is 2. The lowest BCUT2D eigenvalue weighted by molar-refractivity contribution is 0.256. The number of rotatable bonds is 4. The number of sulfonamides is 1. The van der Waals surface area contributed by atoms with Crippen LogP contribution >= 0.6 is 11.3 Å². The summed E-state index contributed by atoms with van der Waals surface area (Å²) in [5.74, 6) is 0. The quantitative estimate of drug-likeness (QED) is 0.570. The highest BCUT2D eigenvalue weighted by Gasteiger charge is 2.26. The summed E-state index contributed by atoms with van der Waals surface area (Å²) in [7, 11) is -2.03.